The van der Waals surface area contributed by atoms with Gasteiger partial charge in [0.1, 0.15) is 6.61 Å². The summed E-state index contributed by atoms with van der Waals surface area (Å²) in [6, 6.07) is 5.18. The molecule has 5 nitrogen and oxygen atoms in total. The van der Waals surface area contributed by atoms with Crippen molar-refractivity contribution in [3.05, 3.63) is 23.8 Å². The molecule has 1 saturated heterocycles. The zero-order chi connectivity index (χ0) is 15.9. The second-order valence-corrected chi connectivity index (χ2v) is 6.07. The Hall–Kier alpha value is -1.30. The van der Waals surface area contributed by atoms with Crippen LogP contribution in [0.3, 0.4) is 0 Å². The number of methoxy groups -OCH3 is 1. The van der Waals surface area contributed by atoms with Crippen LogP contribution in [0.15, 0.2) is 18.2 Å². The van der Waals surface area contributed by atoms with E-state index in [1.807, 2.05) is 18.2 Å². The van der Waals surface area contributed by atoms with Crippen LogP contribution < -0.4 is 15.2 Å². The minimum Gasteiger partial charge on any atom is -0.493 e. The molecule has 0 aromatic heterocycles. The predicted molar refractivity (Wildman–Crippen MR) is 87.3 cm³/mol. The third kappa shape index (κ3) is 4.60. The van der Waals surface area contributed by atoms with E-state index in [9.17, 15) is 0 Å². The summed E-state index contributed by atoms with van der Waals surface area (Å²) in [5.74, 6) is 2.23. The molecular formula is C17H28N2O3. The monoisotopic (exact) mass is 308 g/mol. The first-order chi connectivity index (χ1) is 10.6. The third-order valence-electron chi connectivity index (χ3n) is 4.35. The molecule has 1 aliphatic rings. The number of aliphatic hydroxyl groups is 1. The lowest BCUT2D eigenvalue weighted by atomic mass is 9.99. The van der Waals surface area contributed by atoms with Gasteiger partial charge in [-0.1, -0.05) is 13.0 Å². The van der Waals surface area contributed by atoms with Crippen LogP contribution in [0.2, 0.25) is 0 Å². The minimum atomic E-state index is -0.390. The summed E-state index contributed by atoms with van der Waals surface area (Å²) in [5, 5.41) is 9.12. The average Bonchev–Trinajstić information content (AvgIpc) is 2.56. The van der Waals surface area contributed by atoms with Gasteiger partial charge in [-0.3, -0.25) is 4.90 Å². The van der Waals surface area contributed by atoms with Gasteiger partial charge in [0.25, 0.3) is 0 Å². The number of piperidine rings is 1. The van der Waals surface area contributed by atoms with Gasteiger partial charge in [-0.25, -0.2) is 0 Å². The lowest BCUT2D eigenvalue weighted by Gasteiger charge is -2.30. The maximum Gasteiger partial charge on any atom is 0.161 e. The van der Waals surface area contributed by atoms with Crippen molar-refractivity contribution >= 4 is 0 Å². The summed E-state index contributed by atoms with van der Waals surface area (Å²) in [5.41, 5.74) is 6.67. The molecular weight excluding hydrogens is 280 g/mol. The Morgan fingerprint density at radius 2 is 2.05 bits per heavy atom. The van der Waals surface area contributed by atoms with Crippen molar-refractivity contribution in [2.45, 2.75) is 25.8 Å². The summed E-state index contributed by atoms with van der Waals surface area (Å²) < 4.78 is 11.2. The molecule has 5 heteroatoms. The second kappa shape index (κ2) is 8.36. The lowest BCUT2D eigenvalue weighted by Crippen LogP contribution is -2.35. The normalized spacial score (nSPS) is 18.2. The van der Waals surface area contributed by atoms with Crippen molar-refractivity contribution < 1.29 is 14.6 Å². The van der Waals surface area contributed by atoms with Crippen molar-refractivity contribution in [3.8, 4) is 11.5 Å². The highest BCUT2D eigenvalue weighted by Crippen LogP contribution is 2.29. The molecule has 0 radical (unpaired) electrons. The number of nitrogens with zero attached hydrogens (tertiary/aromatic N) is 1. The molecule has 22 heavy (non-hydrogen) atoms. The zero-order valence-electron chi connectivity index (χ0n) is 13.6. The van der Waals surface area contributed by atoms with Gasteiger partial charge in [-0.05, 0) is 49.5 Å². The van der Waals surface area contributed by atoms with E-state index in [2.05, 4.69) is 11.8 Å². The SMILES string of the molecule is COc1cc([C@H](N)CO)ccc1OCCN1CCC(C)CC1. The quantitative estimate of drug-likeness (QED) is 0.804. The maximum atomic E-state index is 9.12. The first kappa shape index (κ1) is 17.1. The van der Waals surface area contributed by atoms with Crippen molar-refractivity contribution in [1.82, 2.24) is 4.90 Å². The van der Waals surface area contributed by atoms with E-state index >= 15 is 0 Å². The molecule has 0 saturated carbocycles. The molecule has 1 aromatic carbocycles. The molecule has 0 aliphatic carbocycles. The van der Waals surface area contributed by atoms with Crippen LogP contribution in [0.4, 0.5) is 0 Å². The Bertz CT molecular complexity index is 459. The fourth-order valence-electron chi connectivity index (χ4n) is 2.71. The predicted octanol–water partition coefficient (Wildman–Crippen LogP) is 1.80. The van der Waals surface area contributed by atoms with E-state index in [4.69, 9.17) is 20.3 Å². The lowest BCUT2D eigenvalue weighted by molar-refractivity contribution is 0.158. The van der Waals surface area contributed by atoms with Gasteiger partial charge in [0.15, 0.2) is 11.5 Å². The van der Waals surface area contributed by atoms with Gasteiger partial charge in [-0.2, -0.15) is 0 Å². The minimum absolute atomic E-state index is 0.0866. The number of hydrogen-bond acceptors (Lipinski definition) is 5. The van der Waals surface area contributed by atoms with Gasteiger partial charge >= 0.3 is 0 Å². The van der Waals surface area contributed by atoms with E-state index in [0.29, 0.717) is 12.4 Å². The summed E-state index contributed by atoms with van der Waals surface area (Å²) in [7, 11) is 1.61. The highest BCUT2D eigenvalue weighted by atomic mass is 16.5. The average molecular weight is 308 g/mol. The number of ether oxygens (including phenoxy) is 2. The van der Waals surface area contributed by atoms with Crippen molar-refractivity contribution in [2.24, 2.45) is 11.7 Å². The van der Waals surface area contributed by atoms with E-state index in [-0.39, 0.29) is 6.61 Å². The van der Waals surface area contributed by atoms with E-state index < -0.39 is 6.04 Å². The van der Waals surface area contributed by atoms with Crippen LogP contribution in [0.1, 0.15) is 31.4 Å². The Kier molecular flexibility index (Phi) is 6.49. The van der Waals surface area contributed by atoms with Gasteiger partial charge in [-0.15, -0.1) is 0 Å². The van der Waals surface area contributed by atoms with Crippen molar-refractivity contribution in [2.75, 3.05) is 40.0 Å². The molecule has 124 valence electrons. The molecule has 1 atom stereocenters. The molecule has 1 heterocycles. The molecule has 2 rings (SSSR count). The zero-order valence-corrected chi connectivity index (χ0v) is 13.6. The topological polar surface area (TPSA) is 68.0 Å². The Morgan fingerprint density at radius 1 is 1.32 bits per heavy atom. The molecule has 1 aliphatic heterocycles. The highest BCUT2D eigenvalue weighted by molar-refractivity contribution is 5.43. The first-order valence-corrected chi connectivity index (χ1v) is 8.03. The number of benzene rings is 1. The number of nitrogens with two attached hydrogens (primary N) is 1. The highest BCUT2D eigenvalue weighted by Gasteiger charge is 2.16. The standard InChI is InChI=1S/C17H28N2O3/c1-13-5-7-19(8-6-13)9-10-22-16-4-3-14(15(18)12-20)11-17(16)21-2/h3-4,11,13,15,20H,5-10,12,18H2,1-2H3/t15-/m1/s1. The van der Waals surface area contributed by atoms with Crippen molar-refractivity contribution in [3.63, 3.8) is 0 Å². The number of aliphatic hydroxyl groups excluding tert-OH is 1. The summed E-state index contributed by atoms with van der Waals surface area (Å²) in [6.07, 6.45) is 2.55. The van der Waals surface area contributed by atoms with Crippen molar-refractivity contribution in [1.29, 1.82) is 0 Å². The third-order valence-corrected chi connectivity index (χ3v) is 4.35. The second-order valence-electron chi connectivity index (χ2n) is 6.07. The maximum absolute atomic E-state index is 9.12. The Morgan fingerprint density at radius 3 is 2.68 bits per heavy atom. The van der Waals surface area contributed by atoms with Gasteiger partial charge in [0.05, 0.1) is 19.8 Å². The smallest absolute Gasteiger partial charge is 0.161 e. The molecule has 0 unspecified atom stereocenters. The summed E-state index contributed by atoms with van der Waals surface area (Å²) in [6.45, 7) is 6.13. The number of rotatable bonds is 7. The van der Waals surface area contributed by atoms with Gasteiger partial charge in [0, 0.05) is 6.54 Å². The molecule has 1 aromatic rings. The van der Waals surface area contributed by atoms with Crippen LogP contribution in [0, 0.1) is 5.92 Å². The van der Waals surface area contributed by atoms with Crippen LogP contribution in [-0.4, -0.2) is 50.0 Å². The van der Waals surface area contributed by atoms with Crippen LogP contribution >= 0.6 is 0 Å². The fraction of sp³-hybridized carbons (Fsp3) is 0.647. The summed E-state index contributed by atoms with van der Waals surface area (Å²) in [4.78, 5) is 2.45. The first-order valence-electron chi connectivity index (χ1n) is 8.03. The molecule has 1 fully saturated rings. The largest absolute Gasteiger partial charge is 0.493 e. The van der Waals surface area contributed by atoms with Gasteiger partial charge < -0.3 is 20.3 Å². The molecule has 3 N–H and O–H groups in total. The fourth-order valence-corrected chi connectivity index (χ4v) is 2.71. The van der Waals surface area contributed by atoms with E-state index in [1.165, 1.54) is 12.8 Å². The van der Waals surface area contributed by atoms with E-state index in [0.717, 1.165) is 36.9 Å². The number of hydrogen-bond donors (Lipinski definition) is 2. The molecule has 0 bridgehead atoms. The number of likely N-dealkylation sites (tertiary alicyclic amines) is 1. The van der Waals surface area contributed by atoms with Crippen LogP contribution in [0.25, 0.3) is 0 Å². The summed E-state index contributed by atoms with van der Waals surface area (Å²) >= 11 is 0. The molecule has 0 amide bonds. The molecule has 0 spiro atoms. The van der Waals surface area contributed by atoms with E-state index in [1.54, 1.807) is 7.11 Å². The Balaban J connectivity index is 1.86. The Labute approximate surface area is 133 Å². The van der Waals surface area contributed by atoms with Gasteiger partial charge in [0.2, 0.25) is 0 Å². The van der Waals surface area contributed by atoms with Crippen LogP contribution in [0.5, 0.6) is 11.5 Å². The van der Waals surface area contributed by atoms with Crippen LogP contribution in [-0.2, 0) is 0 Å².